The van der Waals surface area contributed by atoms with E-state index in [1.165, 1.54) is 12.1 Å². The highest BCUT2D eigenvalue weighted by molar-refractivity contribution is 5.64. The van der Waals surface area contributed by atoms with E-state index < -0.39 is 17.5 Å². The van der Waals surface area contributed by atoms with Crippen LogP contribution in [0.2, 0.25) is 0 Å². The van der Waals surface area contributed by atoms with Crippen molar-refractivity contribution in [3.8, 4) is 22.6 Å². The smallest absolute Gasteiger partial charge is 0.200 e. The maximum absolute atomic E-state index is 14.8. The van der Waals surface area contributed by atoms with Gasteiger partial charge in [-0.2, -0.15) is 4.39 Å². The number of halogens is 3. The molecule has 0 bridgehead atoms. The fourth-order valence-corrected chi connectivity index (χ4v) is 4.76. The predicted molar refractivity (Wildman–Crippen MR) is 129 cm³/mol. The third kappa shape index (κ3) is 5.40. The van der Waals surface area contributed by atoms with Gasteiger partial charge in [0.25, 0.3) is 0 Å². The van der Waals surface area contributed by atoms with Crippen LogP contribution in [0.1, 0.15) is 63.0 Å². The average Bonchev–Trinajstić information content (AvgIpc) is 2.87. The van der Waals surface area contributed by atoms with Gasteiger partial charge in [-0.25, -0.2) is 8.78 Å². The van der Waals surface area contributed by atoms with Crippen molar-refractivity contribution in [2.75, 3.05) is 6.61 Å². The van der Waals surface area contributed by atoms with Crippen LogP contribution in [-0.2, 0) is 6.61 Å². The Balaban J connectivity index is 1.40. The summed E-state index contributed by atoms with van der Waals surface area (Å²) >= 11 is 0. The van der Waals surface area contributed by atoms with Gasteiger partial charge in [0.05, 0.1) is 6.61 Å². The van der Waals surface area contributed by atoms with E-state index in [4.69, 9.17) is 9.47 Å². The second-order valence-corrected chi connectivity index (χ2v) is 8.97. The summed E-state index contributed by atoms with van der Waals surface area (Å²) in [5.41, 5.74) is 2.83. The fourth-order valence-electron chi connectivity index (χ4n) is 4.76. The lowest BCUT2D eigenvalue weighted by molar-refractivity contribution is 0.280. The van der Waals surface area contributed by atoms with Gasteiger partial charge in [-0.1, -0.05) is 49.7 Å². The lowest BCUT2D eigenvalue weighted by Crippen LogP contribution is -2.14. The average molecular weight is 469 g/mol. The van der Waals surface area contributed by atoms with Crippen molar-refractivity contribution >= 4 is 0 Å². The van der Waals surface area contributed by atoms with Crippen LogP contribution >= 0.6 is 0 Å². The normalized spacial score (nSPS) is 18.0. The van der Waals surface area contributed by atoms with E-state index in [0.717, 1.165) is 48.8 Å². The summed E-state index contributed by atoms with van der Waals surface area (Å²) in [6, 6.07) is 15.4. The van der Waals surface area contributed by atoms with Crippen LogP contribution in [0.15, 0.2) is 54.6 Å². The molecule has 0 aliphatic heterocycles. The molecular weight excluding hydrogens is 437 g/mol. The molecular formula is C29H31F3O2. The molecule has 34 heavy (non-hydrogen) atoms. The standard InChI is InChI=1S/C29H31F3O2/c1-3-19-5-11-22(12-6-19)24-14-16-27(29(32)28(24)31)34-18-20-7-9-21(10-8-20)23-13-15-26(33-4-2)25(30)17-23/h7-10,13-17,19,22H,3-6,11-12,18H2,1-2H3. The number of hydrogen-bond donors (Lipinski definition) is 0. The van der Waals surface area contributed by atoms with Gasteiger partial charge in [-0.3, -0.25) is 0 Å². The number of benzene rings is 3. The lowest BCUT2D eigenvalue weighted by Gasteiger charge is -2.28. The highest BCUT2D eigenvalue weighted by atomic mass is 19.2. The molecule has 2 nitrogen and oxygen atoms in total. The first-order valence-corrected chi connectivity index (χ1v) is 12.1. The number of rotatable bonds is 8. The van der Waals surface area contributed by atoms with Gasteiger partial charge in [-0.15, -0.1) is 0 Å². The van der Waals surface area contributed by atoms with Gasteiger partial charge in [0.15, 0.2) is 23.1 Å². The minimum Gasteiger partial charge on any atom is -0.491 e. The third-order valence-electron chi connectivity index (χ3n) is 6.85. The molecule has 0 amide bonds. The highest BCUT2D eigenvalue weighted by Gasteiger charge is 2.26. The maximum atomic E-state index is 14.8. The van der Waals surface area contributed by atoms with E-state index in [9.17, 15) is 13.2 Å². The molecule has 1 fully saturated rings. The van der Waals surface area contributed by atoms with Crippen LogP contribution in [0.5, 0.6) is 11.5 Å². The van der Waals surface area contributed by atoms with Gasteiger partial charge >= 0.3 is 0 Å². The molecule has 0 atom stereocenters. The minimum atomic E-state index is -0.920. The summed E-state index contributed by atoms with van der Waals surface area (Å²) in [7, 11) is 0. The Kier molecular flexibility index (Phi) is 7.81. The molecule has 0 radical (unpaired) electrons. The predicted octanol–water partition coefficient (Wildman–Crippen LogP) is 8.43. The summed E-state index contributed by atoms with van der Waals surface area (Å²) in [5, 5.41) is 0. The molecule has 1 saturated carbocycles. The number of ether oxygens (including phenoxy) is 2. The van der Waals surface area contributed by atoms with Crippen molar-refractivity contribution in [1.29, 1.82) is 0 Å². The van der Waals surface area contributed by atoms with E-state index in [2.05, 4.69) is 6.92 Å². The van der Waals surface area contributed by atoms with Crippen molar-refractivity contribution < 1.29 is 22.6 Å². The molecule has 0 heterocycles. The lowest BCUT2D eigenvalue weighted by atomic mass is 9.77. The monoisotopic (exact) mass is 468 g/mol. The zero-order valence-electron chi connectivity index (χ0n) is 19.8. The first-order chi connectivity index (χ1) is 16.5. The van der Waals surface area contributed by atoms with Crippen molar-refractivity contribution in [1.82, 2.24) is 0 Å². The Labute approximate surface area is 199 Å². The van der Waals surface area contributed by atoms with Crippen LogP contribution in [0, 0.1) is 23.4 Å². The zero-order chi connectivity index (χ0) is 24.1. The fraction of sp³-hybridized carbons (Fsp3) is 0.379. The number of hydrogen-bond acceptors (Lipinski definition) is 2. The van der Waals surface area contributed by atoms with E-state index in [-0.39, 0.29) is 24.0 Å². The van der Waals surface area contributed by atoms with Gasteiger partial charge in [-0.05, 0) is 84.9 Å². The van der Waals surface area contributed by atoms with Crippen LogP contribution in [0.25, 0.3) is 11.1 Å². The molecule has 180 valence electrons. The molecule has 0 N–H and O–H groups in total. The van der Waals surface area contributed by atoms with Crippen LogP contribution in [0.4, 0.5) is 13.2 Å². The van der Waals surface area contributed by atoms with Crippen LogP contribution in [-0.4, -0.2) is 6.61 Å². The van der Waals surface area contributed by atoms with Crippen LogP contribution in [0.3, 0.4) is 0 Å². The first-order valence-electron chi connectivity index (χ1n) is 12.1. The SMILES string of the molecule is CCOc1ccc(-c2ccc(COc3ccc(C4CCC(CC)CC4)c(F)c3F)cc2)cc1F. The zero-order valence-corrected chi connectivity index (χ0v) is 19.8. The summed E-state index contributed by atoms with van der Waals surface area (Å²) < 4.78 is 54.5. The van der Waals surface area contributed by atoms with Crippen molar-refractivity contribution in [3.63, 3.8) is 0 Å². The largest absolute Gasteiger partial charge is 0.491 e. The second kappa shape index (κ2) is 11.0. The molecule has 0 saturated heterocycles. The second-order valence-electron chi connectivity index (χ2n) is 8.97. The Morgan fingerprint density at radius 1 is 0.735 bits per heavy atom. The maximum Gasteiger partial charge on any atom is 0.200 e. The van der Waals surface area contributed by atoms with Crippen LogP contribution < -0.4 is 9.47 Å². The third-order valence-corrected chi connectivity index (χ3v) is 6.85. The summed E-state index contributed by atoms with van der Waals surface area (Å²) in [5.74, 6) is -1.20. The van der Waals surface area contributed by atoms with E-state index >= 15 is 0 Å². The Morgan fingerprint density at radius 3 is 2.06 bits per heavy atom. The van der Waals surface area contributed by atoms with Gasteiger partial charge in [0.1, 0.15) is 6.61 Å². The molecule has 3 aromatic rings. The molecule has 4 rings (SSSR count). The van der Waals surface area contributed by atoms with E-state index in [1.807, 2.05) is 24.3 Å². The Hall–Kier alpha value is -2.95. The highest BCUT2D eigenvalue weighted by Crippen LogP contribution is 2.39. The van der Waals surface area contributed by atoms with E-state index in [0.29, 0.717) is 18.1 Å². The Morgan fingerprint density at radius 2 is 1.41 bits per heavy atom. The topological polar surface area (TPSA) is 18.5 Å². The molecule has 0 spiro atoms. The molecule has 3 aromatic carbocycles. The summed E-state index contributed by atoms with van der Waals surface area (Å²) in [4.78, 5) is 0. The van der Waals surface area contributed by atoms with Crippen molar-refractivity contribution in [3.05, 3.63) is 83.2 Å². The first kappa shape index (κ1) is 24.2. The van der Waals surface area contributed by atoms with Gasteiger partial charge in [0.2, 0.25) is 5.82 Å². The molecule has 1 aliphatic rings. The summed E-state index contributed by atoms with van der Waals surface area (Å²) in [6.45, 7) is 4.50. The molecule has 5 heteroatoms. The molecule has 1 aliphatic carbocycles. The Bertz CT molecular complexity index is 1100. The summed E-state index contributed by atoms with van der Waals surface area (Å²) in [6.07, 6.45) is 5.09. The minimum absolute atomic E-state index is 0.0753. The van der Waals surface area contributed by atoms with Gasteiger partial charge in [0, 0.05) is 0 Å². The molecule has 0 unspecified atom stereocenters. The van der Waals surface area contributed by atoms with Crippen molar-refractivity contribution in [2.45, 2.75) is 58.5 Å². The quantitative estimate of drug-likeness (QED) is 0.330. The molecule has 0 aromatic heterocycles. The van der Waals surface area contributed by atoms with E-state index in [1.54, 1.807) is 25.1 Å². The van der Waals surface area contributed by atoms with Crippen molar-refractivity contribution in [2.24, 2.45) is 5.92 Å². The van der Waals surface area contributed by atoms with Gasteiger partial charge < -0.3 is 9.47 Å².